The third-order valence-corrected chi connectivity index (χ3v) is 4.83. The van der Waals surface area contributed by atoms with Crippen LogP contribution in [0.15, 0.2) is 48.5 Å². The van der Waals surface area contributed by atoms with Crippen molar-refractivity contribution >= 4 is 40.7 Å². The number of hydrogen-bond acceptors (Lipinski definition) is 5. The van der Waals surface area contributed by atoms with E-state index < -0.39 is 30.2 Å². The molecule has 150 valence electrons. The monoisotopic (exact) mass is 411 g/mol. The Bertz CT molecular complexity index is 974. The van der Waals surface area contributed by atoms with Gasteiger partial charge in [-0.3, -0.25) is 24.7 Å². The quantitative estimate of drug-likeness (QED) is 0.605. The van der Waals surface area contributed by atoms with Gasteiger partial charge in [0.1, 0.15) is 12.2 Å². The van der Waals surface area contributed by atoms with Gasteiger partial charge in [0.05, 0.1) is 5.69 Å². The molecule has 0 saturated carbocycles. The number of hydrazine groups is 1. The van der Waals surface area contributed by atoms with Gasteiger partial charge in [-0.05, 0) is 56.8 Å². The first-order chi connectivity index (χ1) is 13.8. The van der Waals surface area contributed by atoms with Crippen LogP contribution >= 0.6 is 12.2 Å². The summed E-state index contributed by atoms with van der Waals surface area (Å²) in [4.78, 5) is 38.6. The molecular formula is C21H21N3O4S. The summed E-state index contributed by atoms with van der Waals surface area (Å²) in [7, 11) is 0. The predicted molar refractivity (Wildman–Crippen MR) is 112 cm³/mol. The summed E-state index contributed by atoms with van der Waals surface area (Å²) in [6.07, 6.45) is -1.28. The fourth-order valence-electron chi connectivity index (χ4n) is 2.79. The Hall–Kier alpha value is -3.26. The van der Waals surface area contributed by atoms with Gasteiger partial charge in [0.15, 0.2) is 6.10 Å². The SMILES string of the molecule is Cc1ccc(N2C(=O)CC(=O)N(NC(=O)C(C)Oc3ccccc3C)C2=S)cc1. The Kier molecular flexibility index (Phi) is 5.93. The van der Waals surface area contributed by atoms with Crippen LogP contribution in [-0.4, -0.2) is 33.9 Å². The Morgan fingerprint density at radius 1 is 1.07 bits per heavy atom. The van der Waals surface area contributed by atoms with Gasteiger partial charge >= 0.3 is 0 Å². The van der Waals surface area contributed by atoms with E-state index >= 15 is 0 Å². The zero-order valence-corrected chi connectivity index (χ0v) is 17.2. The van der Waals surface area contributed by atoms with Gasteiger partial charge in [0.2, 0.25) is 11.0 Å². The molecule has 1 heterocycles. The molecule has 0 aliphatic carbocycles. The summed E-state index contributed by atoms with van der Waals surface area (Å²) in [5.41, 5.74) is 4.91. The number of hydrogen-bond donors (Lipinski definition) is 1. The molecule has 3 amide bonds. The zero-order chi connectivity index (χ0) is 21.1. The zero-order valence-electron chi connectivity index (χ0n) is 16.3. The molecule has 2 aromatic rings. The second kappa shape index (κ2) is 8.40. The highest BCUT2D eigenvalue weighted by Crippen LogP contribution is 2.22. The minimum absolute atomic E-state index is 0.105. The van der Waals surface area contributed by atoms with E-state index in [9.17, 15) is 14.4 Å². The van der Waals surface area contributed by atoms with Crippen LogP contribution in [0.1, 0.15) is 24.5 Å². The molecule has 29 heavy (non-hydrogen) atoms. The van der Waals surface area contributed by atoms with Gasteiger partial charge in [-0.15, -0.1) is 0 Å². The number of carbonyl (C=O) groups excluding carboxylic acids is 3. The topological polar surface area (TPSA) is 79.0 Å². The summed E-state index contributed by atoms with van der Waals surface area (Å²) in [6, 6.07) is 14.4. The van der Waals surface area contributed by atoms with Crippen LogP contribution < -0.4 is 15.1 Å². The first kappa shape index (κ1) is 20.5. The molecule has 0 spiro atoms. The third kappa shape index (κ3) is 4.43. The van der Waals surface area contributed by atoms with E-state index in [1.54, 1.807) is 31.2 Å². The summed E-state index contributed by atoms with van der Waals surface area (Å²) in [6.45, 7) is 5.36. The number of carbonyl (C=O) groups is 3. The molecule has 1 unspecified atom stereocenters. The number of aryl methyl sites for hydroxylation is 2. The Balaban J connectivity index is 1.74. The largest absolute Gasteiger partial charge is 0.481 e. The number of anilines is 1. The number of ether oxygens (including phenoxy) is 1. The second-order valence-electron chi connectivity index (χ2n) is 6.75. The smallest absolute Gasteiger partial charge is 0.279 e. The average Bonchev–Trinajstić information content (AvgIpc) is 2.68. The summed E-state index contributed by atoms with van der Waals surface area (Å²) in [5.74, 6) is -1.03. The molecular weight excluding hydrogens is 390 g/mol. The van der Waals surface area contributed by atoms with Crippen molar-refractivity contribution < 1.29 is 19.1 Å². The Morgan fingerprint density at radius 3 is 2.38 bits per heavy atom. The van der Waals surface area contributed by atoms with Crippen LogP contribution in [0.25, 0.3) is 0 Å². The van der Waals surface area contributed by atoms with Crippen molar-refractivity contribution in [3.05, 3.63) is 59.7 Å². The first-order valence-corrected chi connectivity index (χ1v) is 9.48. The van der Waals surface area contributed by atoms with Crippen molar-refractivity contribution in [3.63, 3.8) is 0 Å². The summed E-state index contributed by atoms with van der Waals surface area (Å²) >= 11 is 5.33. The van der Waals surface area contributed by atoms with Gasteiger partial charge in [-0.2, -0.15) is 5.01 Å². The molecule has 8 heteroatoms. The van der Waals surface area contributed by atoms with Crippen LogP contribution in [0, 0.1) is 13.8 Å². The highest BCUT2D eigenvalue weighted by atomic mass is 32.1. The lowest BCUT2D eigenvalue weighted by Gasteiger charge is -2.35. The van der Waals surface area contributed by atoms with E-state index in [0.29, 0.717) is 11.4 Å². The Morgan fingerprint density at radius 2 is 1.72 bits per heavy atom. The molecule has 7 nitrogen and oxygen atoms in total. The average molecular weight is 411 g/mol. The van der Waals surface area contributed by atoms with E-state index in [-0.39, 0.29) is 5.11 Å². The number of nitrogens with zero attached hydrogens (tertiary/aromatic N) is 2. The lowest BCUT2D eigenvalue weighted by atomic mass is 10.2. The van der Waals surface area contributed by atoms with E-state index in [4.69, 9.17) is 17.0 Å². The number of benzene rings is 2. The minimum Gasteiger partial charge on any atom is -0.481 e. The van der Waals surface area contributed by atoms with Crippen LogP contribution in [0.3, 0.4) is 0 Å². The van der Waals surface area contributed by atoms with Crippen molar-refractivity contribution in [3.8, 4) is 5.75 Å². The molecule has 0 aromatic heterocycles. The molecule has 1 aliphatic rings. The van der Waals surface area contributed by atoms with E-state index in [2.05, 4.69) is 5.43 Å². The number of para-hydroxylation sites is 1. The molecule has 1 N–H and O–H groups in total. The summed E-state index contributed by atoms with van der Waals surface area (Å²) in [5, 5.41) is 0.822. The minimum atomic E-state index is -0.878. The lowest BCUT2D eigenvalue weighted by Crippen LogP contribution is -2.62. The predicted octanol–water partition coefficient (Wildman–Crippen LogP) is 2.65. The number of rotatable bonds is 5. The van der Waals surface area contributed by atoms with Gasteiger partial charge in [-0.25, -0.2) is 0 Å². The van der Waals surface area contributed by atoms with Crippen LogP contribution in [0.5, 0.6) is 5.75 Å². The maximum Gasteiger partial charge on any atom is 0.279 e. The van der Waals surface area contributed by atoms with Crippen molar-refractivity contribution in [2.24, 2.45) is 0 Å². The van der Waals surface area contributed by atoms with Gasteiger partial charge < -0.3 is 4.74 Å². The van der Waals surface area contributed by atoms with Crippen LogP contribution in [0.2, 0.25) is 0 Å². The Labute approximate surface area is 174 Å². The molecule has 1 fully saturated rings. The van der Waals surface area contributed by atoms with Crippen LogP contribution in [0.4, 0.5) is 5.69 Å². The molecule has 0 radical (unpaired) electrons. The van der Waals surface area contributed by atoms with Crippen molar-refractivity contribution in [2.45, 2.75) is 33.3 Å². The lowest BCUT2D eigenvalue weighted by molar-refractivity contribution is -0.142. The van der Waals surface area contributed by atoms with Gasteiger partial charge in [0, 0.05) is 0 Å². The standard InChI is InChI=1S/C21H21N3O4S/c1-13-8-10-16(11-9-13)23-18(25)12-19(26)24(21(23)29)22-20(27)15(3)28-17-7-5-4-6-14(17)2/h4-11,15H,12H2,1-3H3,(H,22,27). The maximum atomic E-state index is 12.6. The van der Waals surface area contributed by atoms with Gasteiger partial charge in [-0.1, -0.05) is 35.9 Å². The summed E-state index contributed by atoms with van der Waals surface area (Å²) < 4.78 is 5.69. The fraction of sp³-hybridized carbons (Fsp3) is 0.238. The van der Waals surface area contributed by atoms with E-state index in [1.165, 1.54) is 4.90 Å². The molecule has 0 bridgehead atoms. The second-order valence-corrected chi connectivity index (χ2v) is 7.12. The van der Waals surface area contributed by atoms with Crippen molar-refractivity contribution in [1.29, 1.82) is 0 Å². The first-order valence-electron chi connectivity index (χ1n) is 9.07. The fourth-order valence-corrected chi connectivity index (χ4v) is 3.15. The molecule has 3 rings (SSSR count). The molecule has 2 aromatic carbocycles. The molecule has 1 aliphatic heterocycles. The highest BCUT2D eigenvalue weighted by molar-refractivity contribution is 7.80. The number of thiocarbonyl (C=S) groups is 1. The van der Waals surface area contributed by atoms with E-state index in [1.807, 2.05) is 38.1 Å². The third-order valence-electron chi connectivity index (χ3n) is 4.46. The molecule has 1 saturated heterocycles. The van der Waals surface area contributed by atoms with Crippen LogP contribution in [-0.2, 0) is 14.4 Å². The van der Waals surface area contributed by atoms with Crippen molar-refractivity contribution in [1.82, 2.24) is 10.4 Å². The van der Waals surface area contributed by atoms with Gasteiger partial charge in [0.25, 0.3) is 11.8 Å². The number of amides is 3. The van der Waals surface area contributed by atoms with E-state index in [0.717, 1.165) is 16.1 Å². The highest BCUT2D eigenvalue weighted by Gasteiger charge is 2.37. The maximum absolute atomic E-state index is 12.6. The normalized spacial score (nSPS) is 15.3. The number of nitrogens with one attached hydrogen (secondary N) is 1. The molecule has 1 atom stereocenters. The van der Waals surface area contributed by atoms with Crippen molar-refractivity contribution in [2.75, 3.05) is 4.90 Å².